The van der Waals surface area contributed by atoms with Gasteiger partial charge in [0, 0.05) is 33.6 Å². The lowest BCUT2D eigenvalue weighted by Crippen LogP contribution is -2.18. The molecule has 3 N–H and O–H groups in total. The van der Waals surface area contributed by atoms with Crippen LogP contribution in [0.2, 0.25) is 5.02 Å². The van der Waals surface area contributed by atoms with E-state index in [1.54, 1.807) is 30.3 Å². The van der Waals surface area contributed by atoms with Crippen molar-refractivity contribution in [3.05, 3.63) is 57.0 Å². The van der Waals surface area contributed by atoms with Gasteiger partial charge in [0.25, 0.3) is 0 Å². The summed E-state index contributed by atoms with van der Waals surface area (Å²) in [4.78, 5) is 23.8. The molecule has 8 heteroatoms. The van der Waals surface area contributed by atoms with Crippen LogP contribution < -0.4 is 10.7 Å². The Labute approximate surface area is 170 Å². The van der Waals surface area contributed by atoms with Crippen LogP contribution in [0, 0.1) is 6.92 Å². The maximum absolute atomic E-state index is 12.0. The smallest absolute Gasteiger partial charge is 0.240 e. The van der Waals surface area contributed by atoms with Crippen molar-refractivity contribution in [2.24, 2.45) is 5.10 Å². The SMILES string of the molecule is Cc1c(Cl)cccc1NC(=O)CCCC(=O)N/N=C\c1cc(Br)ccc1O. The summed E-state index contributed by atoms with van der Waals surface area (Å²) in [6.45, 7) is 1.83. The van der Waals surface area contributed by atoms with E-state index in [1.165, 1.54) is 12.3 Å². The highest BCUT2D eigenvalue weighted by Gasteiger charge is 2.08. The lowest BCUT2D eigenvalue weighted by Gasteiger charge is -2.09. The third kappa shape index (κ3) is 6.69. The Kier molecular flexibility index (Phi) is 7.82. The van der Waals surface area contributed by atoms with E-state index >= 15 is 0 Å². The predicted molar refractivity (Wildman–Crippen MR) is 110 cm³/mol. The fourth-order valence-corrected chi connectivity index (χ4v) is 2.78. The number of phenols is 1. The number of hydrazone groups is 1. The lowest BCUT2D eigenvalue weighted by atomic mass is 10.2. The molecule has 0 radical (unpaired) electrons. The molecule has 27 heavy (non-hydrogen) atoms. The molecule has 0 saturated heterocycles. The van der Waals surface area contributed by atoms with E-state index in [2.05, 4.69) is 31.8 Å². The first-order valence-electron chi connectivity index (χ1n) is 8.22. The van der Waals surface area contributed by atoms with Crippen molar-refractivity contribution < 1.29 is 14.7 Å². The van der Waals surface area contributed by atoms with Crippen LogP contribution in [0.15, 0.2) is 46.0 Å². The zero-order chi connectivity index (χ0) is 19.8. The molecule has 0 aliphatic heterocycles. The Morgan fingerprint density at radius 3 is 2.74 bits per heavy atom. The number of rotatable bonds is 7. The molecule has 0 saturated carbocycles. The normalized spacial score (nSPS) is 10.8. The minimum Gasteiger partial charge on any atom is -0.507 e. The molecule has 6 nitrogen and oxygen atoms in total. The van der Waals surface area contributed by atoms with Gasteiger partial charge in [-0.05, 0) is 49.2 Å². The number of hydrogen-bond acceptors (Lipinski definition) is 4. The maximum atomic E-state index is 12.0. The van der Waals surface area contributed by atoms with Crippen LogP contribution in [0.1, 0.15) is 30.4 Å². The van der Waals surface area contributed by atoms with Crippen LogP contribution >= 0.6 is 27.5 Å². The van der Waals surface area contributed by atoms with Crippen molar-refractivity contribution in [3.8, 4) is 5.75 Å². The van der Waals surface area contributed by atoms with Crippen LogP contribution in [-0.4, -0.2) is 23.1 Å². The van der Waals surface area contributed by atoms with E-state index in [4.69, 9.17) is 11.6 Å². The van der Waals surface area contributed by atoms with Gasteiger partial charge in [0.05, 0.1) is 6.21 Å². The average molecular weight is 453 g/mol. The van der Waals surface area contributed by atoms with Crippen LogP contribution in [0.25, 0.3) is 0 Å². The topological polar surface area (TPSA) is 90.8 Å². The number of phenolic OH excluding ortho intramolecular Hbond substituents is 1. The number of aromatic hydroxyl groups is 1. The Morgan fingerprint density at radius 1 is 1.22 bits per heavy atom. The third-order valence-corrected chi connectivity index (χ3v) is 4.63. The van der Waals surface area contributed by atoms with E-state index < -0.39 is 0 Å². The van der Waals surface area contributed by atoms with Crippen molar-refractivity contribution >= 4 is 51.2 Å². The van der Waals surface area contributed by atoms with E-state index in [1.807, 2.05) is 6.92 Å². The lowest BCUT2D eigenvalue weighted by molar-refractivity contribution is -0.121. The van der Waals surface area contributed by atoms with Gasteiger partial charge in [-0.25, -0.2) is 5.43 Å². The van der Waals surface area contributed by atoms with Gasteiger partial charge in [0.15, 0.2) is 0 Å². The monoisotopic (exact) mass is 451 g/mol. The number of benzene rings is 2. The Hall–Kier alpha value is -2.38. The average Bonchev–Trinajstić information content (AvgIpc) is 2.62. The highest BCUT2D eigenvalue weighted by molar-refractivity contribution is 9.10. The first-order valence-corrected chi connectivity index (χ1v) is 9.39. The van der Waals surface area contributed by atoms with Crippen molar-refractivity contribution in [1.29, 1.82) is 0 Å². The summed E-state index contributed by atoms with van der Waals surface area (Å²) >= 11 is 9.31. The minimum atomic E-state index is -0.313. The Bertz CT molecular complexity index is 871. The second-order valence-corrected chi connectivity index (χ2v) is 7.13. The second kappa shape index (κ2) is 10.1. The molecule has 2 aromatic carbocycles. The van der Waals surface area contributed by atoms with E-state index in [-0.39, 0.29) is 30.4 Å². The Morgan fingerprint density at radius 2 is 1.96 bits per heavy atom. The first kappa shape index (κ1) is 20.9. The molecule has 2 amide bonds. The number of carbonyl (C=O) groups excluding carboxylic acids is 2. The van der Waals surface area contributed by atoms with Gasteiger partial charge in [-0.15, -0.1) is 0 Å². The van der Waals surface area contributed by atoms with E-state index in [0.717, 1.165) is 10.0 Å². The maximum Gasteiger partial charge on any atom is 0.240 e. The quantitative estimate of drug-likeness (QED) is 0.430. The Balaban J connectivity index is 1.74. The molecule has 0 atom stereocenters. The van der Waals surface area contributed by atoms with Crippen LogP contribution in [0.5, 0.6) is 5.75 Å². The van der Waals surface area contributed by atoms with E-state index in [0.29, 0.717) is 22.7 Å². The van der Waals surface area contributed by atoms with Gasteiger partial charge in [-0.3, -0.25) is 9.59 Å². The zero-order valence-corrected chi connectivity index (χ0v) is 17.0. The molecule has 0 aliphatic carbocycles. The first-order chi connectivity index (χ1) is 12.9. The molecule has 2 rings (SSSR count). The second-order valence-electron chi connectivity index (χ2n) is 5.81. The fraction of sp³-hybridized carbons (Fsp3) is 0.211. The highest BCUT2D eigenvalue weighted by atomic mass is 79.9. The third-order valence-electron chi connectivity index (χ3n) is 3.73. The summed E-state index contributed by atoms with van der Waals surface area (Å²) in [5, 5.41) is 16.9. The summed E-state index contributed by atoms with van der Waals surface area (Å²) < 4.78 is 0.786. The summed E-state index contributed by atoms with van der Waals surface area (Å²) in [5.74, 6) is -0.438. The minimum absolute atomic E-state index is 0.0594. The predicted octanol–water partition coefficient (Wildman–Crippen LogP) is 4.38. The largest absolute Gasteiger partial charge is 0.507 e. The van der Waals surface area contributed by atoms with Crippen LogP contribution in [0.3, 0.4) is 0 Å². The van der Waals surface area contributed by atoms with Crippen molar-refractivity contribution in [1.82, 2.24) is 5.43 Å². The van der Waals surface area contributed by atoms with Gasteiger partial charge in [-0.2, -0.15) is 5.10 Å². The van der Waals surface area contributed by atoms with Crippen molar-refractivity contribution in [2.75, 3.05) is 5.32 Å². The zero-order valence-electron chi connectivity index (χ0n) is 14.6. The van der Waals surface area contributed by atoms with Gasteiger partial charge in [0.1, 0.15) is 5.75 Å². The molecule has 2 aromatic rings. The molecule has 0 spiro atoms. The van der Waals surface area contributed by atoms with Crippen molar-refractivity contribution in [2.45, 2.75) is 26.2 Å². The fourth-order valence-electron chi connectivity index (χ4n) is 2.22. The molecule has 0 fully saturated rings. The van der Waals surface area contributed by atoms with Crippen molar-refractivity contribution in [3.63, 3.8) is 0 Å². The summed E-state index contributed by atoms with van der Waals surface area (Å²) in [5.41, 5.74) is 4.31. The molecule has 0 aliphatic rings. The molecule has 142 valence electrons. The standard InChI is InChI=1S/C19H19BrClN3O3/c1-12-15(21)4-2-5-16(12)23-18(26)6-3-7-19(27)24-22-11-13-10-14(20)8-9-17(13)25/h2,4-5,8-11,25H,3,6-7H2,1H3,(H,23,26)(H,24,27)/b22-11-. The van der Waals surface area contributed by atoms with Gasteiger partial charge in [0.2, 0.25) is 11.8 Å². The van der Waals surface area contributed by atoms with Gasteiger partial charge >= 0.3 is 0 Å². The number of nitrogens with zero attached hydrogens (tertiary/aromatic N) is 1. The highest BCUT2D eigenvalue weighted by Crippen LogP contribution is 2.23. The number of anilines is 1. The summed E-state index contributed by atoms with van der Waals surface area (Å²) in [7, 11) is 0. The van der Waals surface area contributed by atoms with Crippen LogP contribution in [-0.2, 0) is 9.59 Å². The molecular formula is C19H19BrClN3O3. The molecular weight excluding hydrogens is 434 g/mol. The summed E-state index contributed by atoms with van der Waals surface area (Å²) in [6, 6.07) is 10.2. The molecule has 0 heterocycles. The van der Waals surface area contributed by atoms with Gasteiger partial charge < -0.3 is 10.4 Å². The van der Waals surface area contributed by atoms with Crippen LogP contribution in [0.4, 0.5) is 5.69 Å². The number of amides is 2. The van der Waals surface area contributed by atoms with E-state index in [9.17, 15) is 14.7 Å². The number of halogens is 2. The number of carbonyl (C=O) groups is 2. The summed E-state index contributed by atoms with van der Waals surface area (Å²) in [6.07, 6.45) is 2.10. The number of hydrogen-bond donors (Lipinski definition) is 3. The molecule has 0 bridgehead atoms. The van der Waals surface area contributed by atoms with Gasteiger partial charge in [-0.1, -0.05) is 33.6 Å². The molecule has 0 aromatic heterocycles. The molecule has 0 unspecified atom stereocenters. The number of nitrogens with one attached hydrogen (secondary N) is 2.